The summed E-state index contributed by atoms with van der Waals surface area (Å²) in [4.78, 5) is 29.4. The maximum atomic E-state index is 14.9. The summed E-state index contributed by atoms with van der Waals surface area (Å²) >= 11 is 0. The van der Waals surface area contributed by atoms with Crippen LogP contribution < -0.4 is 14.8 Å². The lowest BCUT2D eigenvalue weighted by Gasteiger charge is -2.32. The molecule has 0 bridgehead atoms. The Bertz CT molecular complexity index is 1670. The highest BCUT2D eigenvalue weighted by molar-refractivity contribution is 5.99. The minimum Gasteiger partial charge on any atom is -0.497 e. The first kappa shape index (κ1) is 27.3. The number of para-hydroxylation sites is 1. The van der Waals surface area contributed by atoms with Crippen molar-refractivity contribution in [3.63, 3.8) is 0 Å². The molecule has 10 heteroatoms. The average molecular weight is 554 g/mol. The van der Waals surface area contributed by atoms with Gasteiger partial charge in [-0.15, -0.1) is 5.10 Å². The van der Waals surface area contributed by atoms with Crippen LogP contribution in [-0.2, 0) is 22.7 Å². The predicted octanol–water partition coefficient (Wildman–Crippen LogP) is 5.00. The lowest BCUT2D eigenvalue weighted by atomic mass is 10.0. The van der Waals surface area contributed by atoms with Gasteiger partial charge in [0.15, 0.2) is 0 Å². The van der Waals surface area contributed by atoms with Crippen LogP contribution in [0.3, 0.4) is 0 Å². The molecule has 0 saturated carbocycles. The van der Waals surface area contributed by atoms with Crippen LogP contribution in [0, 0.1) is 5.82 Å². The SMILES string of the molecule is COc1ccc(NC(=O)C(c2ccccc2)N(Cc2ccccc2F)C(=O)Cn2nnc3ccccc32)c(OC)c1. The number of hydrogen-bond acceptors (Lipinski definition) is 6. The maximum absolute atomic E-state index is 14.9. The van der Waals surface area contributed by atoms with Crippen molar-refractivity contribution < 1.29 is 23.5 Å². The number of fused-ring (bicyclic) bond motifs is 1. The molecule has 5 rings (SSSR count). The quantitative estimate of drug-likeness (QED) is 0.262. The summed E-state index contributed by atoms with van der Waals surface area (Å²) < 4.78 is 27.1. The normalized spacial score (nSPS) is 11.6. The summed E-state index contributed by atoms with van der Waals surface area (Å²) in [7, 11) is 3.01. The van der Waals surface area contributed by atoms with Crippen LogP contribution in [0.25, 0.3) is 11.0 Å². The van der Waals surface area contributed by atoms with Gasteiger partial charge >= 0.3 is 0 Å². The minimum absolute atomic E-state index is 0.162. The van der Waals surface area contributed by atoms with Crippen molar-refractivity contribution in [2.75, 3.05) is 19.5 Å². The van der Waals surface area contributed by atoms with E-state index in [0.29, 0.717) is 33.8 Å². The highest BCUT2D eigenvalue weighted by atomic mass is 19.1. The molecule has 9 nitrogen and oxygen atoms in total. The van der Waals surface area contributed by atoms with Gasteiger partial charge in [-0.2, -0.15) is 0 Å². The number of benzene rings is 4. The molecule has 1 aromatic heterocycles. The highest BCUT2D eigenvalue weighted by Crippen LogP contribution is 2.32. The number of hydrogen-bond donors (Lipinski definition) is 1. The molecule has 1 heterocycles. The van der Waals surface area contributed by atoms with Crippen LogP contribution in [0.5, 0.6) is 11.5 Å². The summed E-state index contributed by atoms with van der Waals surface area (Å²) in [5, 5.41) is 11.2. The van der Waals surface area contributed by atoms with Crippen molar-refractivity contribution in [1.29, 1.82) is 0 Å². The van der Waals surface area contributed by atoms with E-state index in [4.69, 9.17) is 9.47 Å². The third-order valence-electron chi connectivity index (χ3n) is 6.67. The second-order valence-corrected chi connectivity index (χ2v) is 9.22. The standard InChI is InChI=1S/C31H28FN5O4/c1-40-23-16-17-26(28(18-23)41-2)33-31(39)30(21-10-4-3-5-11-21)36(19-22-12-6-7-13-24(22)32)29(38)20-37-27-15-9-8-14-25(27)34-35-37/h3-18,30H,19-20H2,1-2H3,(H,33,39). The van der Waals surface area contributed by atoms with E-state index >= 15 is 0 Å². The highest BCUT2D eigenvalue weighted by Gasteiger charge is 2.33. The van der Waals surface area contributed by atoms with E-state index in [0.717, 1.165) is 0 Å². The summed E-state index contributed by atoms with van der Waals surface area (Å²) in [6.45, 7) is -0.373. The first-order chi connectivity index (χ1) is 20.0. The zero-order valence-corrected chi connectivity index (χ0v) is 22.5. The third-order valence-corrected chi connectivity index (χ3v) is 6.67. The molecule has 1 atom stereocenters. The molecule has 1 N–H and O–H groups in total. The van der Waals surface area contributed by atoms with Crippen LogP contribution >= 0.6 is 0 Å². The van der Waals surface area contributed by atoms with Crippen molar-refractivity contribution in [3.05, 3.63) is 114 Å². The Morgan fingerprint density at radius 3 is 2.41 bits per heavy atom. The Labute approximate surface area is 236 Å². The largest absolute Gasteiger partial charge is 0.497 e. The second kappa shape index (κ2) is 12.3. The molecule has 5 aromatic rings. The number of ether oxygens (including phenoxy) is 2. The lowest BCUT2D eigenvalue weighted by molar-refractivity contribution is -0.140. The molecular weight excluding hydrogens is 525 g/mol. The molecule has 0 spiro atoms. The number of carbonyl (C=O) groups excluding carboxylic acids is 2. The molecule has 0 radical (unpaired) electrons. The number of nitrogens with one attached hydrogen (secondary N) is 1. The van der Waals surface area contributed by atoms with E-state index in [9.17, 15) is 14.0 Å². The Morgan fingerprint density at radius 1 is 0.927 bits per heavy atom. The van der Waals surface area contributed by atoms with Gasteiger partial charge in [0.2, 0.25) is 5.91 Å². The topological polar surface area (TPSA) is 98.6 Å². The van der Waals surface area contributed by atoms with Gasteiger partial charge in [-0.3, -0.25) is 9.59 Å². The second-order valence-electron chi connectivity index (χ2n) is 9.22. The number of nitrogens with zero attached hydrogens (tertiary/aromatic N) is 4. The number of amides is 2. The monoisotopic (exact) mass is 553 g/mol. The average Bonchev–Trinajstić information content (AvgIpc) is 3.41. The number of halogens is 1. The van der Waals surface area contributed by atoms with E-state index in [1.165, 1.54) is 29.9 Å². The summed E-state index contributed by atoms with van der Waals surface area (Å²) in [5.41, 5.74) is 2.49. The Morgan fingerprint density at radius 2 is 1.66 bits per heavy atom. The van der Waals surface area contributed by atoms with Crippen LogP contribution in [0.15, 0.2) is 97.1 Å². The number of carbonyl (C=O) groups is 2. The van der Waals surface area contributed by atoms with Gasteiger partial charge in [0, 0.05) is 18.2 Å². The van der Waals surface area contributed by atoms with Crippen molar-refractivity contribution >= 4 is 28.5 Å². The molecule has 0 saturated heterocycles. The van der Waals surface area contributed by atoms with E-state index < -0.39 is 23.7 Å². The fourth-order valence-electron chi connectivity index (χ4n) is 4.60. The Balaban J connectivity index is 1.56. The van der Waals surface area contributed by atoms with E-state index in [2.05, 4.69) is 15.6 Å². The smallest absolute Gasteiger partial charge is 0.251 e. The predicted molar refractivity (Wildman–Crippen MR) is 152 cm³/mol. The molecule has 0 aliphatic rings. The van der Waals surface area contributed by atoms with Gasteiger partial charge in [0.25, 0.3) is 5.91 Å². The number of aromatic nitrogens is 3. The van der Waals surface area contributed by atoms with E-state index in [1.807, 2.05) is 18.2 Å². The van der Waals surface area contributed by atoms with E-state index in [-0.39, 0.29) is 18.7 Å². The van der Waals surface area contributed by atoms with Crippen LogP contribution in [0.4, 0.5) is 10.1 Å². The number of rotatable bonds is 10. The molecule has 1 unspecified atom stereocenters. The maximum Gasteiger partial charge on any atom is 0.251 e. The molecule has 41 heavy (non-hydrogen) atoms. The summed E-state index contributed by atoms with van der Waals surface area (Å²) in [6, 6.07) is 26.2. The van der Waals surface area contributed by atoms with Gasteiger partial charge < -0.3 is 19.7 Å². The molecule has 0 aliphatic heterocycles. The first-order valence-electron chi connectivity index (χ1n) is 12.9. The zero-order chi connectivity index (χ0) is 28.8. The number of anilines is 1. The first-order valence-corrected chi connectivity index (χ1v) is 12.9. The molecule has 0 fully saturated rings. The fraction of sp³-hybridized carbons (Fsp3) is 0.161. The summed E-state index contributed by atoms with van der Waals surface area (Å²) in [5.74, 6) is -0.510. The van der Waals surface area contributed by atoms with Crippen LogP contribution in [0.2, 0.25) is 0 Å². The Hall–Kier alpha value is -5.25. The van der Waals surface area contributed by atoms with Crippen LogP contribution in [0.1, 0.15) is 17.2 Å². The molecule has 0 aliphatic carbocycles. The molecule has 2 amide bonds. The van der Waals surface area contributed by atoms with Crippen molar-refractivity contribution in [3.8, 4) is 11.5 Å². The molecular formula is C31H28FN5O4. The molecule has 208 valence electrons. The van der Waals surface area contributed by atoms with Crippen molar-refractivity contribution in [1.82, 2.24) is 19.9 Å². The minimum atomic E-state index is -1.12. The summed E-state index contributed by atoms with van der Waals surface area (Å²) in [6.07, 6.45) is 0. The number of methoxy groups -OCH3 is 2. The van der Waals surface area contributed by atoms with Gasteiger partial charge in [-0.05, 0) is 35.9 Å². The lowest BCUT2D eigenvalue weighted by Crippen LogP contribution is -2.42. The molecule has 4 aromatic carbocycles. The van der Waals surface area contributed by atoms with Crippen molar-refractivity contribution in [2.24, 2.45) is 0 Å². The van der Waals surface area contributed by atoms with Gasteiger partial charge in [0.1, 0.15) is 35.4 Å². The Kier molecular flexibility index (Phi) is 8.19. The van der Waals surface area contributed by atoms with E-state index in [1.54, 1.807) is 72.8 Å². The van der Waals surface area contributed by atoms with Crippen LogP contribution in [-0.4, -0.2) is 45.9 Å². The van der Waals surface area contributed by atoms with Gasteiger partial charge in [0.05, 0.1) is 25.4 Å². The van der Waals surface area contributed by atoms with Crippen molar-refractivity contribution in [2.45, 2.75) is 19.1 Å². The van der Waals surface area contributed by atoms with Gasteiger partial charge in [-0.1, -0.05) is 65.9 Å². The third kappa shape index (κ3) is 6.01. The fourth-order valence-corrected chi connectivity index (χ4v) is 4.60. The van der Waals surface area contributed by atoms with Gasteiger partial charge in [-0.25, -0.2) is 9.07 Å². The zero-order valence-electron chi connectivity index (χ0n) is 22.5.